The Kier molecular flexibility index (Phi) is 2.91. The summed E-state index contributed by atoms with van der Waals surface area (Å²) in [6.45, 7) is 0. The zero-order chi connectivity index (χ0) is 9.14. The first kappa shape index (κ1) is 9.31. The Morgan fingerprint density at radius 3 is 2.75 bits per heavy atom. The highest BCUT2D eigenvalue weighted by atomic mass is 127. The van der Waals surface area contributed by atoms with Crippen LogP contribution in [0.5, 0.6) is 11.5 Å². The van der Waals surface area contributed by atoms with E-state index >= 15 is 0 Å². The van der Waals surface area contributed by atoms with Gasteiger partial charge in [0.05, 0.1) is 16.2 Å². The molecule has 0 fully saturated rings. The molecule has 0 aliphatic rings. The number of benzene rings is 1. The van der Waals surface area contributed by atoms with Crippen LogP contribution in [0.15, 0.2) is 12.1 Å². The molecule has 12 heavy (non-hydrogen) atoms. The Morgan fingerprint density at radius 1 is 1.58 bits per heavy atom. The molecule has 0 heterocycles. The lowest BCUT2D eigenvalue weighted by atomic mass is 10.2. The second kappa shape index (κ2) is 3.75. The molecule has 1 rings (SSSR count). The number of carbonyl (C=O) groups is 1. The molecular weight excluding hydrogens is 271 g/mol. The third-order valence-electron chi connectivity index (χ3n) is 1.43. The lowest BCUT2D eigenvalue weighted by molar-refractivity contribution is 0.112. The van der Waals surface area contributed by atoms with E-state index in [9.17, 15) is 9.90 Å². The molecule has 0 aliphatic carbocycles. The molecule has 0 amide bonds. The molecular formula is C8H7IO3. The van der Waals surface area contributed by atoms with Crippen LogP contribution in [0, 0.1) is 3.57 Å². The van der Waals surface area contributed by atoms with Crippen LogP contribution in [0.2, 0.25) is 0 Å². The fourth-order valence-corrected chi connectivity index (χ4v) is 1.48. The van der Waals surface area contributed by atoms with Gasteiger partial charge < -0.3 is 9.84 Å². The quantitative estimate of drug-likeness (QED) is 0.663. The van der Waals surface area contributed by atoms with Crippen LogP contribution in [0.1, 0.15) is 10.4 Å². The Labute approximate surface area is 83.5 Å². The van der Waals surface area contributed by atoms with Crippen molar-refractivity contribution in [2.45, 2.75) is 0 Å². The van der Waals surface area contributed by atoms with E-state index in [1.807, 2.05) is 22.6 Å². The summed E-state index contributed by atoms with van der Waals surface area (Å²) in [5.41, 5.74) is 0.243. The van der Waals surface area contributed by atoms with E-state index in [4.69, 9.17) is 4.74 Å². The van der Waals surface area contributed by atoms with Gasteiger partial charge in [0.25, 0.3) is 0 Å². The average molecular weight is 278 g/mol. The van der Waals surface area contributed by atoms with E-state index in [-0.39, 0.29) is 11.3 Å². The molecule has 0 saturated heterocycles. The number of aromatic hydroxyl groups is 1. The largest absolute Gasteiger partial charge is 0.507 e. The highest BCUT2D eigenvalue weighted by Gasteiger charge is 2.06. The van der Waals surface area contributed by atoms with Crippen LogP contribution in [-0.2, 0) is 0 Å². The van der Waals surface area contributed by atoms with Crippen LogP contribution in [0.3, 0.4) is 0 Å². The fourth-order valence-electron chi connectivity index (χ4n) is 0.809. The number of hydrogen-bond acceptors (Lipinski definition) is 3. The third-order valence-corrected chi connectivity index (χ3v) is 2.27. The number of phenolic OH excluding ortho intramolecular Hbond substituents is 1. The summed E-state index contributed by atoms with van der Waals surface area (Å²) in [6.07, 6.45) is 0.591. The minimum atomic E-state index is -0.0183. The SMILES string of the molecule is COc1cc(C=O)c(O)cc1I. The molecule has 0 radical (unpaired) electrons. The molecule has 0 unspecified atom stereocenters. The number of methoxy groups -OCH3 is 1. The first-order valence-electron chi connectivity index (χ1n) is 3.20. The van der Waals surface area contributed by atoms with Gasteiger partial charge in [-0.2, -0.15) is 0 Å². The third kappa shape index (κ3) is 1.69. The molecule has 0 aliphatic heterocycles. The minimum Gasteiger partial charge on any atom is -0.507 e. The number of carbonyl (C=O) groups excluding carboxylic acids is 1. The number of phenols is 1. The molecule has 0 atom stereocenters. The summed E-state index contributed by atoms with van der Waals surface area (Å²) in [6, 6.07) is 2.99. The van der Waals surface area contributed by atoms with Gasteiger partial charge in [0.15, 0.2) is 6.29 Å². The van der Waals surface area contributed by atoms with Crippen molar-refractivity contribution in [1.82, 2.24) is 0 Å². The van der Waals surface area contributed by atoms with E-state index in [1.54, 1.807) is 0 Å². The standard InChI is InChI=1S/C8H7IO3/c1-12-8-2-5(4-10)7(11)3-6(8)9/h2-4,11H,1H3. The fraction of sp³-hybridized carbons (Fsp3) is 0.125. The first-order chi connectivity index (χ1) is 5.69. The van der Waals surface area contributed by atoms with Gasteiger partial charge in [-0.1, -0.05) is 0 Å². The van der Waals surface area contributed by atoms with Gasteiger partial charge in [0, 0.05) is 0 Å². The van der Waals surface area contributed by atoms with Gasteiger partial charge in [-0.15, -0.1) is 0 Å². The predicted molar refractivity (Wildman–Crippen MR) is 52.8 cm³/mol. The highest BCUT2D eigenvalue weighted by Crippen LogP contribution is 2.27. The Morgan fingerprint density at radius 2 is 2.25 bits per heavy atom. The summed E-state index contributed by atoms with van der Waals surface area (Å²) in [5, 5.41) is 9.22. The number of hydrogen-bond donors (Lipinski definition) is 1. The Bertz CT molecular complexity index is 309. The molecule has 1 aromatic rings. The van der Waals surface area contributed by atoms with Gasteiger partial charge in [-0.3, -0.25) is 4.79 Å². The van der Waals surface area contributed by atoms with Gasteiger partial charge >= 0.3 is 0 Å². The normalized spacial score (nSPS) is 9.50. The summed E-state index contributed by atoms with van der Waals surface area (Å²) < 4.78 is 5.74. The molecule has 1 aromatic carbocycles. The molecule has 3 nitrogen and oxygen atoms in total. The van der Waals surface area contributed by atoms with Crippen molar-refractivity contribution in [2.75, 3.05) is 7.11 Å². The maximum absolute atomic E-state index is 10.4. The second-order valence-electron chi connectivity index (χ2n) is 2.16. The van der Waals surface area contributed by atoms with E-state index in [0.717, 1.165) is 3.57 Å². The van der Waals surface area contributed by atoms with E-state index in [2.05, 4.69) is 0 Å². The van der Waals surface area contributed by atoms with Crippen LogP contribution in [0.4, 0.5) is 0 Å². The maximum atomic E-state index is 10.4. The number of halogens is 1. The van der Waals surface area contributed by atoms with Crippen molar-refractivity contribution in [3.05, 3.63) is 21.3 Å². The van der Waals surface area contributed by atoms with E-state index in [0.29, 0.717) is 12.0 Å². The zero-order valence-electron chi connectivity index (χ0n) is 6.37. The van der Waals surface area contributed by atoms with Gasteiger partial charge in [0.1, 0.15) is 11.5 Å². The minimum absolute atomic E-state index is 0.0183. The molecule has 0 saturated carbocycles. The second-order valence-corrected chi connectivity index (χ2v) is 3.33. The number of ether oxygens (including phenoxy) is 1. The highest BCUT2D eigenvalue weighted by molar-refractivity contribution is 14.1. The lowest BCUT2D eigenvalue weighted by Gasteiger charge is -2.04. The Hall–Kier alpha value is -0.780. The van der Waals surface area contributed by atoms with Crippen molar-refractivity contribution in [1.29, 1.82) is 0 Å². The van der Waals surface area contributed by atoms with Crippen molar-refractivity contribution in [3.63, 3.8) is 0 Å². The molecule has 4 heteroatoms. The Balaban J connectivity index is 3.26. The van der Waals surface area contributed by atoms with Crippen molar-refractivity contribution in [2.24, 2.45) is 0 Å². The van der Waals surface area contributed by atoms with Crippen molar-refractivity contribution in [3.8, 4) is 11.5 Å². The van der Waals surface area contributed by atoms with Gasteiger partial charge in [-0.25, -0.2) is 0 Å². The maximum Gasteiger partial charge on any atom is 0.153 e. The summed E-state index contributed by atoms with van der Waals surface area (Å²) in [4.78, 5) is 10.4. The molecule has 64 valence electrons. The molecule has 0 spiro atoms. The van der Waals surface area contributed by atoms with Crippen molar-refractivity contribution < 1.29 is 14.6 Å². The van der Waals surface area contributed by atoms with Gasteiger partial charge in [0.2, 0.25) is 0 Å². The van der Waals surface area contributed by atoms with Crippen LogP contribution >= 0.6 is 22.6 Å². The summed E-state index contributed by atoms with van der Waals surface area (Å²) in [7, 11) is 1.52. The average Bonchev–Trinajstić information content (AvgIpc) is 2.05. The van der Waals surface area contributed by atoms with E-state index in [1.165, 1.54) is 19.2 Å². The van der Waals surface area contributed by atoms with Crippen molar-refractivity contribution >= 4 is 28.9 Å². The smallest absolute Gasteiger partial charge is 0.153 e. The molecule has 0 aromatic heterocycles. The predicted octanol–water partition coefficient (Wildman–Crippen LogP) is 1.82. The topological polar surface area (TPSA) is 46.5 Å². The molecule has 0 bridgehead atoms. The zero-order valence-corrected chi connectivity index (χ0v) is 8.53. The molecule has 1 N–H and O–H groups in total. The van der Waals surface area contributed by atoms with Crippen LogP contribution < -0.4 is 4.74 Å². The monoisotopic (exact) mass is 278 g/mol. The lowest BCUT2D eigenvalue weighted by Crippen LogP contribution is -1.90. The number of aldehydes is 1. The van der Waals surface area contributed by atoms with Crippen LogP contribution in [0.25, 0.3) is 0 Å². The summed E-state index contributed by atoms with van der Waals surface area (Å²) in [5.74, 6) is 0.575. The van der Waals surface area contributed by atoms with Crippen LogP contribution in [-0.4, -0.2) is 18.5 Å². The first-order valence-corrected chi connectivity index (χ1v) is 4.28. The van der Waals surface area contributed by atoms with Gasteiger partial charge in [-0.05, 0) is 34.7 Å². The van der Waals surface area contributed by atoms with E-state index < -0.39 is 0 Å². The summed E-state index contributed by atoms with van der Waals surface area (Å²) >= 11 is 2.02. The number of rotatable bonds is 2.